The molecule has 1 fully saturated rings. The fourth-order valence-corrected chi connectivity index (χ4v) is 4.16. The summed E-state index contributed by atoms with van der Waals surface area (Å²) in [5.41, 5.74) is 2.83. The summed E-state index contributed by atoms with van der Waals surface area (Å²) in [5.74, 6) is 2.29. The van der Waals surface area contributed by atoms with Crippen molar-refractivity contribution >= 4 is 5.91 Å². The Balaban J connectivity index is 1.43. The van der Waals surface area contributed by atoms with Crippen molar-refractivity contribution in [2.45, 2.75) is 45.4 Å². The highest BCUT2D eigenvalue weighted by Gasteiger charge is 2.30. The van der Waals surface area contributed by atoms with Crippen LogP contribution in [-0.2, 0) is 19.9 Å². The van der Waals surface area contributed by atoms with Gasteiger partial charge in [-0.05, 0) is 36.8 Å². The summed E-state index contributed by atoms with van der Waals surface area (Å²) in [5, 5.41) is 4.53. The van der Waals surface area contributed by atoms with E-state index in [1.807, 2.05) is 42.4 Å². The van der Waals surface area contributed by atoms with Crippen LogP contribution >= 0.6 is 0 Å². The van der Waals surface area contributed by atoms with Crippen LogP contribution in [0.3, 0.4) is 0 Å². The predicted octanol–water partition coefficient (Wildman–Crippen LogP) is 4.22. The highest BCUT2D eigenvalue weighted by Crippen LogP contribution is 2.28. The molecular formula is C24H30N4O2. The summed E-state index contributed by atoms with van der Waals surface area (Å²) in [6.07, 6.45) is 5.37. The van der Waals surface area contributed by atoms with E-state index in [1.165, 1.54) is 5.56 Å². The quantitative estimate of drug-likeness (QED) is 0.615. The number of oxazole rings is 1. The number of piperidine rings is 1. The highest BCUT2D eigenvalue weighted by atomic mass is 16.4. The molecule has 6 nitrogen and oxygen atoms in total. The molecule has 1 amide bonds. The summed E-state index contributed by atoms with van der Waals surface area (Å²) in [6.45, 7) is 5.72. The Morgan fingerprint density at radius 3 is 2.83 bits per heavy atom. The van der Waals surface area contributed by atoms with Crippen LogP contribution in [0.2, 0.25) is 0 Å². The van der Waals surface area contributed by atoms with E-state index in [2.05, 4.69) is 36.1 Å². The smallest absolute Gasteiger partial charge is 0.272 e. The first-order chi connectivity index (χ1) is 14.5. The molecule has 3 heterocycles. The SMILES string of the molecule is CC(C)Cc1cc(C(=O)N2CCC[C@@H](c3ncc(Cc4ccccc4)o3)C2)n(C)n1. The summed E-state index contributed by atoms with van der Waals surface area (Å²) >= 11 is 0. The normalized spacial score (nSPS) is 16.9. The van der Waals surface area contributed by atoms with Gasteiger partial charge in [0.15, 0.2) is 5.89 Å². The Labute approximate surface area is 177 Å². The molecule has 1 aliphatic heterocycles. The van der Waals surface area contributed by atoms with Crippen LogP contribution in [0.15, 0.2) is 47.0 Å². The van der Waals surface area contributed by atoms with Crippen LogP contribution in [-0.4, -0.2) is 38.7 Å². The lowest BCUT2D eigenvalue weighted by Gasteiger charge is -2.31. The lowest BCUT2D eigenvalue weighted by atomic mass is 9.97. The van der Waals surface area contributed by atoms with Crippen LogP contribution in [0.1, 0.15) is 66.0 Å². The predicted molar refractivity (Wildman–Crippen MR) is 115 cm³/mol. The van der Waals surface area contributed by atoms with Crippen molar-refractivity contribution in [2.24, 2.45) is 13.0 Å². The third-order valence-electron chi connectivity index (χ3n) is 5.62. The fraction of sp³-hybridized carbons (Fsp3) is 0.458. The molecule has 2 aromatic heterocycles. The topological polar surface area (TPSA) is 64.2 Å². The molecule has 6 heteroatoms. The lowest BCUT2D eigenvalue weighted by Crippen LogP contribution is -2.40. The van der Waals surface area contributed by atoms with Crippen LogP contribution in [0.5, 0.6) is 0 Å². The lowest BCUT2D eigenvalue weighted by molar-refractivity contribution is 0.0686. The maximum absolute atomic E-state index is 13.2. The Hall–Kier alpha value is -2.89. The van der Waals surface area contributed by atoms with E-state index in [4.69, 9.17) is 4.42 Å². The third kappa shape index (κ3) is 4.64. The third-order valence-corrected chi connectivity index (χ3v) is 5.62. The van der Waals surface area contributed by atoms with Gasteiger partial charge >= 0.3 is 0 Å². The number of likely N-dealkylation sites (tertiary alicyclic amines) is 1. The van der Waals surface area contributed by atoms with Gasteiger partial charge in [-0.1, -0.05) is 44.2 Å². The van der Waals surface area contributed by atoms with E-state index in [0.29, 0.717) is 18.2 Å². The van der Waals surface area contributed by atoms with Gasteiger partial charge in [0.05, 0.1) is 17.8 Å². The Bertz CT molecular complexity index is 990. The first-order valence-corrected chi connectivity index (χ1v) is 10.8. The van der Waals surface area contributed by atoms with Crippen molar-refractivity contribution in [2.75, 3.05) is 13.1 Å². The van der Waals surface area contributed by atoms with Gasteiger partial charge in [0.1, 0.15) is 11.5 Å². The Morgan fingerprint density at radius 1 is 1.27 bits per heavy atom. The molecule has 0 radical (unpaired) electrons. The molecule has 4 rings (SSSR count). The average Bonchev–Trinajstić information content (AvgIpc) is 3.34. The highest BCUT2D eigenvalue weighted by molar-refractivity contribution is 5.92. The molecule has 0 spiro atoms. The molecule has 1 aliphatic rings. The van der Waals surface area contributed by atoms with Gasteiger partial charge in [-0.3, -0.25) is 9.48 Å². The van der Waals surface area contributed by atoms with Crippen LogP contribution in [0.4, 0.5) is 0 Å². The zero-order valence-corrected chi connectivity index (χ0v) is 18.0. The first kappa shape index (κ1) is 20.4. The van der Waals surface area contributed by atoms with Gasteiger partial charge in [-0.25, -0.2) is 4.98 Å². The number of rotatable bonds is 6. The Morgan fingerprint density at radius 2 is 2.07 bits per heavy atom. The van der Waals surface area contributed by atoms with Gasteiger partial charge in [0.2, 0.25) is 0 Å². The second-order valence-electron chi connectivity index (χ2n) is 8.66. The van der Waals surface area contributed by atoms with E-state index in [-0.39, 0.29) is 11.8 Å². The second kappa shape index (κ2) is 8.86. The van der Waals surface area contributed by atoms with Crippen LogP contribution in [0, 0.1) is 5.92 Å². The van der Waals surface area contributed by atoms with Gasteiger partial charge in [-0.2, -0.15) is 5.10 Å². The van der Waals surface area contributed by atoms with E-state index in [0.717, 1.165) is 49.6 Å². The van der Waals surface area contributed by atoms with Crippen molar-refractivity contribution in [3.8, 4) is 0 Å². The van der Waals surface area contributed by atoms with E-state index >= 15 is 0 Å². The average molecular weight is 407 g/mol. The number of hydrogen-bond acceptors (Lipinski definition) is 4. The molecule has 1 saturated heterocycles. The van der Waals surface area contributed by atoms with Crippen molar-refractivity contribution in [3.63, 3.8) is 0 Å². The number of aromatic nitrogens is 3. The van der Waals surface area contributed by atoms with Gasteiger partial charge in [0, 0.05) is 26.6 Å². The minimum Gasteiger partial charge on any atom is -0.445 e. The van der Waals surface area contributed by atoms with Crippen molar-refractivity contribution in [1.29, 1.82) is 0 Å². The monoisotopic (exact) mass is 406 g/mol. The molecule has 1 atom stereocenters. The summed E-state index contributed by atoms with van der Waals surface area (Å²) in [6, 6.07) is 12.2. The molecular weight excluding hydrogens is 376 g/mol. The number of nitrogens with zero attached hydrogens (tertiary/aromatic N) is 4. The summed E-state index contributed by atoms with van der Waals surface area (Å²) in [7, 11) is 1.85. The van der Waals surface area contributed by atoms with Gasteiger partial charge in [-0.15, -0.1) is 0 Å². The molecule has 0 bridgehead atoms. The zero-order chi connectivity index (χ0) is 21.1. The van der Waals surface area contributed by atoms with Crippen molar-refractivity contribution in [3.05, 3.63) is 71.2 Å². The maximum Gasteiger partial charge on any atom is 0.272 e. The fourth-order valence-electron chi connectivity index (χ4n) is 4.16. The molecule has 0 N–H and O–H groups in total. The van der Waals surface area contributed by atoms with Gasteiger partial charge in [0.25, 0.3) is 5.91 Å². The summed E-state index contributed by atoms with van der Waals surface area (Å²) < 4.78 is 7.78. The number of amides is 1. The zero-order valence-electron chi connectivity index (χ0n) is 18.0. The van der Waals surface area contributed by atoms with Crippen molar-refractivity contribution in [1.82, 2.24) is 19.7 Å². The second-order valence-corrected chi connectivity index (χ2v) is 8.66. The first-order valence-electron chi connectivity index (χ1n) is 10.8. The Kier molecular flexibility index (Phi) is 6.02. The minimum absolute atomic E-state index is 0.0424. The van der Waals surface area contributed by atoms with Crippen molar-refractivity contribution < 1.29 is 9.21 Å². The largest absolute Gasteiger partial charge is 0.445 e. The molecule has 0 unspecified atom stereocenters. The maximum atomic E-state index is 13.2. The number of carbonyl (C=O) groups is 1. The molecule has 3 aromatic rings. The number of hydrogen-bond donors (Lipinski definition) is 0. The van der Waals surface area contributed by atoms with E-state index in [9.17, 15) is 4.79 Å². The van der Waals surface area contributed by atoms with E-state index in [1.54, 1.807) is 4.68 Å². The molecule has 1 aromatic carbocycles. The molecule has 0 aliphatic carbocycles. The van der Waals surface area contributed by atoms with Gasteiger partial charge < -0.3 is 9.32 Å². The van der Waals surface area contributed by atoms with Crippen LogP contribution < -0.4 is 0 Å². The number of aryl methyl sites for hydroxylation is 1. The van der Waals surface area contributed by atoms with E-state index < -0.39 is 0 Å². The molecule has 0 saturated carbocycles. The minimum atomic E-state index is 0.0424. The number of carbonyl (C=O) groups excluding carboxylic acids is 1. The standard InChI is InChI=1S/C24H30N4O2/c1-17(2)12-20-14-22(27(3)26-20)24(29)28-11-7-10-19(16-28)23-25-15-21(30-23)13-18-8-5-4-6-9-18/h4-6,8-9,14-15,17,19H,7,10-13,16H2,1-3H3/t19-/m1/s1. The van der Waals surface area contributed by atoms with Crippen LogP contribution in [0.25, 0.3) is 0 Å². The summed E-state index contributed by atoms with van der Waals surface area (Å²) in [4.78, 5) is 19.6. The molecule has 158 valence electrons. The number of benzene rings is 1. The molecule has 30 heavy (non-hydrogen) atoms.